The third-order valence-electron chi connectivity index (χ3n) is 7.69. The monoisotopic (exact) mass is 463 g/mol. The van der Waals surface area contributed by atoms with E-state index in [0.717, 1.165) is 32.1 Å². The van der Waals surface area contributed by atoms with Gasteiger partial charge in [0.15, 0.2) is 0 Å². The van der Waals surface area contributed by atoms with Gasteiger partial charge in [0.1, 0.15) is 0 Å². The summed E-state index contributed by atoms with van der Waals surface area (Å²) in [5, 5.41) is 0.515. The van der Waals surface area contributed by atoms with Gasteiger partial charge < -0.3 is 4.74 Å². The number of carbonyl (C=O) groups excluding carboxylic acids is 4. The van der Waals surface area contributed by atoms with E-state index in [1.807, 2.05) is 0 Å². The molecule has 0 bridgehead atoms. The number of ether oxygens (including phenoxy) is 1. The molecule has 33 heavy (non-hydrogen) atoms. The summed E-state index contributed by atoms with van der Waals surface area (Å²) in [4.78, 5) is 56.3. The van der Waals surface area contributed by atoms with Gasteiger partial charge in [0.25, 0.3) is 0 Å². The van der Waals surface area contributed by atoms with Gasteiger partial charge in [0, 0.05) is 22.2 Å². The number of amides is 2. The van der Waals surface area contributed by atoms with Crippen LogP contribution < -0.4 is 0 Å². The molecule has 0 aromatic heterocycles. The fraction of sp³-hybridized carbons (Fsp3) is 0.385. The molecule has 168 valence electrons. The molecule has 1 spiro atoms. The molecule has 2 saturated heterocycles. The van der Waals surface area contributed by atoms with Gasteiger partial charge in [0.05, 0.1) is 17.9 Å². The lowest BCUT2D eigenvalue weighted by Crippen LogP contribution is -2.52. The van der Waals surface area contributed by atoms with Crippen molar-refractivity contribution in [3.8, 4) is 0 Å². The van der Waals surface area contributed by atoms with Crippen molar-refractivity contribution in [3.05, 3.63) is 70.2 Å². The fourth-order valence-corrected chi connectivity index (χ4v) is 6.32. The van der Waals surface area contributed by atoms with Crippen LogP contribution >= 0.6 is 11.6 Å². The van der Waals surface area contributed by atoms with Gasteiger partial charge in [0.2, 0.25) is 29.0 Å². The van der Waals surface area contributed by atoms with E-state index in [4.69, 9.17) is 16.3 Å². The molecule has 2 aromatic rings. The molecule has 0 N–H and O–H groups in total. The molecule has 4 aliphatic rings. The molecular weight excluding hydrogens is 442 g/mol. The number of halogens is 1. The summed E-state index contributed by atoms with van der Waals surface area (Å²) >= 11 is 6.06. The largest absolute Gasteiger partial charge is 0.349 e. The third-order valence-corrected chi connectivity index (χ3v) is 7.94. The van der Waals surface area contributed by atoms with Crippen LogP contribution in [0, 0.1) is 11.8 Å². The number of likely N-dealkylation sites (tertiary alicyclic amines) is 1. The van der Waals surface area contributed by atoms with Crippen LogP contribution in [-0.2, 0) is 14.3 Å². The second-order valence-corrected chi connectivity index (χ2v) is 9.81. The Morgan fingerprint density at radius 2 is 1.42 bits per heavy atom. The minimum absolute atomic E-state index is 0.193. The van der Waals surface area contributed by atoms with Gasteiger partial charge in [-0.3, -0.25) is 24.1 Å². The first kappa shape index (κ1) is 20.8. The molecule has 7 heteroatoms. The average molecular weight is 464 g/mol. The molecular formula is C26H22ClNO5. The first-order valence-electron chi connectivity index (χ1n) is 11.4. The van der Waals surface area contributed by atoms with Gasteiger partial charge >= 0.3 is 0 Å². The van der Waals surface area contributed by atoms with E-state index < -0.39 is 41.0 Å². The van der Waals surface area contributed by atoms with Gasteiger partial charge in [-0.2, -0.15) is 0 Å². The third kappa shape index (κ3) is 2.71. The van der Waals surface area contributed by atoms with Crippen LogP contribution in [-0.4, -0.2) is 39.9 Å². The number of Topliss-reactive ketones (excluding diaryl/α,β-unsaturated/α-hetero) is 2. The van der Waals surface area contributed by atoms with E-state index in [0.29, 0.717) is 10.6 Å². The number of ketones is 2. The summed E-state index contributed by atoms with van der Waals surface area (Å²) in [5.41, 5.74) is -0.896. The SMILES string of the molecule is O=C1[C@@H]2[C@@H](C(=O)N1C1CCCCC1)C1(O[C@H]2c2ccc(Cl)cc2)C(=O)c2ccccc2C1=O. The standard InChI is InChI=1S/C26H22ClNO5/c27-15-12-10-14(11-13-15)21-19-20(25(32)28(24(19)31)16-6-2-1-3-7-16)26(33-21)22(29)17-8-4-5-9-18(17)23(26)30/h4-5,8-13,16,19-21H,1-3,6-7H2/t19-,20+,21+/m1/s1. The number of rotatable bonds is 2. The Morgan fingerprint density at radius 1 is 0.818 bits per heavy atom. The van der Waals surface area contributed by atoms with Crippen molar-refractivity contribution in [1.29, 1.82) is 0 Å². The highest BCUT2D eigenvalue weighted by Gasteiger charge is 2.75. The van der Waals surface area contributed by atoms with Gasteiger partial charge in [-0.05, 0) is 30.5 Å². The quantitative estimate of drug-likeness (QED) is 0.493. The lowest BCUT2D eigenvalue weighted by atomic mass is 9.77. The Hall–Kier alpha value is -2.83. The summed E-state index contributed by atoms with van der Waals surface area (Å²) in [6.07, 6.45) is 3.58. The number of benzene rings is 2. The van der Waals surface area contributed by atoms with Crippen molar-refractivity contribution in [2.75, 3.05) is 0 Å². The number of imide groups is 1. The van der Waals surface area contributed by atoms with E-state index >= 15 is 0 Å². The Morgan fingerprint density at radius 3 is 2.03 bits per heavy atom. The number of carbonyl (C=O) groups is 4. The molecule has 0 radical (unpaired) electrons. The van der Waals surface area contributed by atoms with Crippen LogP contribution in [0.3, 0.4) is 0 Å². The predicted molar refractivity (Wildman–Crippen MR) is 119 cm³/mol. The molecule has 6 rings (SSSR count). The van der Waals surface area contributed by atoms with Crippen molar-refractivity contribution >= 4 is 35.0 Å². The van der Waals surface area contributed by atoms with Gasteiger partial charge in [-0.25, -0.2) is 0 Å². The molecule has 6 nitrogen and oxygen atoms in total. The van der Waals surface area contributed by atoms with Gasteiger partial charge in [-0.15, -0.1) is 0 Å². The zero-order valence-corrected chi connectivity index (χ0v) is 18.6. The van der Waals surface area contributed by atoms with E-state index in [9.17, 15) is 19.2 Å². The Bertz CT molecular complexity index is 1160. The van der Waals surface area contributed by atoms with Crippen LogP contribution in [0.25, 0.3) is 0 Å². The minimum atomic E-state index is -2.01. The van der Waals surface area contributed by atoms with E-state index in [-0.39, 0.29) is 23.1 Å². The smallest absolute Gasteiger partial charge is 0.237 e. The fourth-order valence-electron chi connectivity index (χ4n) is 6.19. The number of fused-ring (bicyclic) bond motifs is 3. The van der Waals surface area contributed by atoms with Crippen molar-refractivity contribution in [2.24, 2.45) is 11.8 Å². The van der Waals surface area contributed by atoms with Crippen LogP contribution in [0.4, 0.5) is 0 Å². The van der Waals surface area contributed by atoms with Crippen LogP contribution in [0.1, 0.15) is 64.5 Å². The first-order valence-corrected chi connectivity index (χ1v) is 11.8. The summed E-state index contributed by atoms with van der Waals surface area (Å²) in [7, 11) is 0. The lowest BCUT2D eigenvalue weighted by Gasteiger charge is -2.33. The summed E-state index contributed by atoms with van der Waals surface area (Å²) in [6, 6.07) is 13.1. The van der Waals surface area contributed by atoms with Gasteiger partial charge in [-0.1, -0.05) is 67.3 Å². The number of hydrogen-bond donors (Lipinski definition) is 0. The van der Waals surface area contributed by atoms with Crippen molar-refractivity contribution < 1.29 is 23.9 Å². The van der Waals surface area contributed by atoms with E-state index in [1.165, 1.54) is 4.90 Å². The number of hydrogen-bond acceptors (Lipinski definition) is 5. The molecule has 2 aliphatic heterocycles. The predicted octanol–water partition coefficient (Wildman–Crippen LogP) is 4.16. The zero-order chi connectivity index (χ0) is 22.9. The molecule has 3 atom stereocenters. The maximum atomic E-state index is 13.8. The number of nitrogens with zero attached hydrogens (tertiary/aromatic N) is 1. The van der Waals surface area contributed by atoms with Crippen molar-refractivity contribution in [3.63, 3.8) is 0 Å². The molecule has 2 aliphatic carbocycles. The van der Waals surface area contributed by atoms with Crippen molar-refractivity contribution in [1.82, 2.24) is 4.90 Å². The minimum Gasteiger partial charge on any atom is -0.349 e. The summed E-state index contributed by atoms with van der Waals surface area (Å²) in [6.45, 7) is 0. The summed E-state index contributed by atoms with van der Waals surface area (Å²) in [5.74, 6) is -3.95. The van der Waals surface area contributed by atoms with Crippen LogP contribution in [0.5, 0.6) is 0 Å². The highest BCUT2D eigenvalue weighted by atomic mass is 35.5. The Balaban J connectivity index is 1.50. The maximum absolute atomic E-state index is 13.8. The normalized spacial score (nSPS) is 28.6. The van der Waals surface area contributed by atoms with Crippen LogP contribution in [0.2, 0.25) is 5.02 Å². The highest BCUT2D eigenvalue weighted by molar-refractivity contribution is 6.35. The molecule has 1 saturated carbocycles. The van der Waals surface area contributed by atoms with Crippen molar-refractivity contribution in [2.45, 2.75) is 49.9 Å². The first-order chi connectivity index (χ1) is 15.9. The van der Waals surface area contributed by atoms with E-state index in [1.54, 1.807) is 48.5 Å². The van der Waals surface area contributed by atoms with Crippen LogP contribution in [0.15, 0.2) is 48.5 Å². The Labute approximate surface area is 195 Å². The topological polar surface area (TPSA) is 80.8 Å². The Kier molecular flexibility index (Phi) is 4.61. The van der Waals surface area contributed by atoms with E-state index in [2.05, 4.69) is 0 Å². The molecule has 2 aromatic carbocycles. The molecule has 2 amide bonds. The summed E-state index contributed by atoms with van der Waals surface area (Å²) < 4.78 is 6.28. The zero-order valence-electron chi connectivity index (χ0n) is 17.8. The highest BCUT2D eigenvalue weighted by Crippen LogP contribution is 2.57. The second-order valence-electron chi connectivity index (χ2n) is 9.37. The maximum Gasteiger partial charge on any atom is 0.237 e. The second kappa shape index (κ2) is 7.34. The molecule has 0 unspecified atom stereocenters. The average Bonchev–Trinajstić information content (AvgIpc) is 3.40. The molecule has 3 fully saturated rings. The molecule has 2 heterocycles. The lowest BCUT2D eigenvalue weighted by molar-refractivity contribution is -0.148.